The average Bonchev–Trinajstić information content (AvgIpc) is 3.07. The predicted octanol–water partition coefficient (Wildman–Crippen LogP) is 4.31. The Bertz CT molecular complexity index is 1080. The van der Waals surface area contributed by atoms with Gasteiger partial charge in [0, 0.05) is 5.02 Å². The first-order valence-corrected chi connectivity index (χ1v) is 10.1. The number of nitrogens with one attached hydrogen (secondary N) is 2. The summed E-state index contributed by atoms with van der Waals surface area (Å²) in [6.45, 7) is 2.06. The number of rotatable bonds is 2. The zero-order valence-electron chi connectivity index (χ0n) is 15.0. The molecule has 6 nitrogen and oxygen atoms in total. The lowest BCUT2D eigenvalue weighted by atomic mass is 9.97. The van der Waals surface area contributed by atoms with Gasteiger partial charge in [0.05, 0.1) is 28.9 Å². The van der Waals surface area contributed by atoms with E-state index in [2.05, 4.69) is 15.7 Å². The number of anilines is 1. The molecular formula is C20H17ClN4O2S. The van der Waals surface area contributed by atoms with Crippen molar-refractivity contribution in [1.29, 1.82) is 0 Å². The number of thioether (sulfide) groups is 1. The third-order valence-corrected chi connectivity index (χ3v) is 6.56. The molecule has 3 aromatic rings. The minimum Gasteiger partial charge on any atom is -0.482 e. The third kappa shape index (κ3) is 2.91. The monoisotopic (exact) mass is 412 g/mol. The van der Waals surface area contributed by atoms with Crippen molar-refractivity contribution in [3.05, 3.63) is 70.5 Å². The molecule has 2 aliphatic heterocycles. The van der Waals surface area contributed by atoms with Crippen LogP contribution in [-0.2, 0) is 4.79 Å². The second-order valence-corrected chi connectivity index (χ2v) is 8.29. The van der Waals surface area contributed by atoms with Crippen molar-refractivity contribution in [3.63, 3.8) is 0 Å². The van der Waals surface area contributed by atoms with Crippen molar-refractivity contribution < 1.29 is 9.53 Å². The van der Waals surface area contributed by atoms with Gasteiger partial charge < -0.3 is 15.5 Å². The molecule has 2 aliphatic rings. The van der Waals surface area contributed by atoms with Crippen molar-refractivity contribution in [2.45, 2.75) is 23.4 Å². The number of benzene rings is 2. The van der Waals surface area contributed by atoms with Crippen LogP contribution in [0, 0.1) is 6.92 Å². The zero-order valence-corrected chi connectivity index (χ0v) is 16.6. The van der Waals surface area contributed by atoms with Gasteiger partial charge in [-0.05, 0) is 36.2 Å². The number of fused-ring (bicyclic) bond motifs is 2. The summed E-state index contributed by atoms with van der Waals surface area (Å²) in [5.74, 6) is 0.539. The molecule has 5 rings (SSSR count). The molecule has 0 fully saturated rings. The maximum absolute atomic E-state index is 11.7. The molecule has 1 aromatic heterocycles. The number of hydrogen-bond donors (Lipinski definition) is 2. The highest BCUT2D eigenvalue weighted by molar-refractivity contribution is 7.99. The second-order valence-electron chi connectivity index (χ2n) is 6.78. The fourth-order valence-electron chi connectivity index (χ4n) is 3.54. The summed E-state index contributed by atoms with van der Waals surface area (Å²) in [4.78, 5) is 16.2. The van der Waals surface area contributed by atoms with E-state index in [1.54, 1.807) is 11.8 Å². The number of nitrogens with zero attached hydrogens (tertiary/aromatic N) is 2. The van der Waals surface area contributed by atoms with Crippen LogP contribution in [0.3, 0.4) is 0 Å². The van der Waals surface area contributed by atoms with Gasteiger partial charge in [-0.3, -0.25) is 4.79 Å². The van der Waals surface area contributed by atoms with Crippen LogP contribution in [-0.4, -0.2) is 22.2 Å². The Morgan fingerprint density at radius 2 is 2.14 bits per heavy atom. The molecule has 3 heterocycles. The topological polar surface area (TPSA) is 68.2 Å². The van der Waals surface area contributed by atoms with Crippen LogP contribution in [0.25, 0.3) is 0 Å². The van der Waals surface area contributed by atoms with Gasteiger partial charge in [-0.2, -0.15) is 0 Å². The van der Waals surface area contributed by atoms with E-state index in [-0.39, 0.29) is 23.8 Å². The Morgan fingerprint density at radius 1 is 1.29 bits per heavy atom. The summed E-state index contributed by atoms with van der Waals surface area (Å²) in [6, 6.07) is 13.7. The van der Waals surface area contributed by atoms with Crippen LogP contribution in [0.5, 0.6) is 5.75 Å². The van der Waals surface area contributed by atoms with E-state index < -0.39 is 0 Å². The summed E-state index contributed by atoms with van der Waals surface area (Å²) < 4.78 is 7.49. The number of ether oxygens (including phenoxy) is 1. The number of aryl methyl sites for hydroxylation is 1. The standard InChI is InChI=1S/C20H17ClN4O2S/c1-11-9-22-20-25(11)24-18(13-4-2-3-5-14(13)21)19(28-20)12-6-7-16-15(8-12)23-17(26)10-27-16/h2-9,18-19,24H,10H2,1H3,(H,23,26). The third-order valence-electron chi connectivity index (χ3n) is 4.91. The van der Waals surface area contributed by atoms with Crippen LogP contribution >= 0.6 is 23.4 Å². The highest BCUT2D eigenvalue weighted by Gasteiger charge is 2.34. The minimum absolute atomic E-state index is 0.0123. The molecular weight excluding hydrogens is 396 g/mol. The highest BCUT2D eigenvalue weighted by atomic mass is 35.5. The number of amides is 1. The van der Waals surface area contributed by atoms with Crippen LogP contribution in [0.15, 0.2) is 53.8 Å². The molecule has 0 radical (unpaired) electrons. The number of hydrogen-bond acceptors (Lipinski definition) is 5. The molecule has 28 heavy (non-hydrogen) atoms. The summed E-state index contributed by atoms with van der Waals surface area (Å²) in [6.07, 6.45) is 1.85. The second kappa shape index (κ2) is 6.76. The Balaban J connectivity index is 1.60. The van der Waals surface area contributed by atoms with Gasteiger partial charge in [0.1, 0.15) is 5.75 Å². The number of carbonyl (C=O) groups excluding carboxylic acids is 1. The number of halogens is 1. The molecule has 142 valence electrons. The van der Waals surface area contributed by atoms with E-state index in [0.717, 1.165) is 22.0 Å². The predicted molar refractivity (Wildman–Crippen MR) is 110 cm³/mol. The van der Waals surface area contributed by atoms with Crippen molar-refractivity contribution in [1.82, 2.24) is 9.66 Å². The lowest BCUT2D eigenvalue weighted by Gasteiger charge is -2.35. The number of imidazole rings is 1. The highest BCUT2D eigenvalue weighted by Crippen LogP contribution is 2.49. The molecule has 0 saturated heterocycles. The van der Waals surface area contributed by atoms with Gasteiger partial charge in [0.2, 0.25) is 0 Å². The van der Waals surface area contributed by atoms with Gasteiger partial charge in [-0.25, -0.2) is 9.66 Å². The van der Waals surface area contributed by atoms with Crippen molar-refractivity contribution in [2.75, 3.05) is 17.3 Å². The maximum atomic E-state index is 11.7. The Kier molecular flexibility index (Phi) is 4.21. The molecule has 0 saturated carbocycles. The van der Waals surface area contributed by atoms with E-state index in [1.807, 2.05) is 60.3 Å². The first-order chi connectivity index (χ1) is 13.6. The van der Waals surface area contributed by atoms with E-state index in [9.17, 15) is 4.79 Å². The zero-order chi connectivity index (χ0) is 19.3. The molecule has 2 aromatic carbocycles. The largest absolute Gasteiger partial charge is 0.482 e. The fourth-order valence-corrected chi connectivity index (χ4v) is 5.06. The average molecular weight is 413 g/mol. The molecule has 2 N–H and O–H groups in total. The molecule has 0 spiro atoms. The minimum atomic E-state index is -0.145. The van der Waals surface area contributed by atoms with Crippen molar-refractivity contribution >= 4 is 35.0 Å². The smallest absolute Gasteiger partial charge is 0.262 e. The normalized spacial score (nSPS) is 20.4. The van der Waals surface area contributed by atoms with Gasteiger partial charge in [0.25, 0.3) is 5.91 Å². The Labute approximate surface area is 171 Å². The Hall–Kier alpha value is -2.64. The van der Waals surface area contributed by atoms with Gasteiger partial charge >= 0.3 is 0 Å². The SMILES string of the molecule is Cc1cnc2n1NC(c1ccccc1Cl)C(c1ccc3c(c1)NC(=O)CO3)S2. The van der Waals surface area contributed by atoms with Crippen LogP contribution in [0.1, 0.15) is 28.1 Å². The molecule has 1 amide bonds. The van der Waals surface area contributed by atoms with E-state index in [0.29, 0.717) is 16.5 Å². The Morgan fingerprint density at radius 3 is 3.00 bits per heavy atom. The van der Waals surface area contributed by atoms with E-state index in [1.165, 1.54) is 0 Å². The van der Waals surface area contributed by atoms with Gasteiger partial charge in [-0.15, -0.1) is 0 Å². The lowest BCUT2D eigenvalue weighted by molar-refractivity contribution is -0.118. The van der Waals surface area contributed by atoms with Gasteiger partial charge in [0.15, 0.2) is 11.8 Å². The summed E-state index contributed by atoms with van der Waals surface area (Å²) in [7, 11) is 0. The van der Waals surface area contributed by atoms with E-state index >= 15 is 0 Å². The lowest BCUT2D eigenvalue weighted by Crippen LogP contribution is -2.31. The summed E-state index contributed by atoms with van der Waals surface area (Å²) >= 11 is 8.21. The van der Waals surface area contributed by atoms with Crippen LogP contribution in [0.4, 0.5) is 5.69 Å². The number of aromatic nitrogens is 2. The first kappa shape index (κ1) is 17.5. The van der Waals surface area contributed by atoms with E-state index in [4.69, 9.17) is 16.3 Å². The van der Waals surface area contributed by atoms with Crippen LogP contribution < -0.4 is 15.5 Å². The quantitative estimate of drug-likeness (QED) is 0.656. The fraction of sp³-hybridized carbons (Fsp3) is 0.200. The molecule has 0 bridgehead atoms. The summed E-state index contributed by atoms with van der Waals surface area (Å²) in [5.41, 5.74) is 7.36. The molecule has 8 heteroatoms. The molecule has 2 unspecified atom stereocenters. The van der Waals surface area contributed by atoms with Gasteiger partial charge in [-0.1, -0.05) is 47.6 Å². The summed E-state index contributed by atoms with van der Waals surface area (Å²) in [5, 5.41) is 4.50. The van der Waals surface area contributed by atoms with Crippen LogP contribution in [0.2, 0.25) is 5.02 Å². The number of carbonyl (C=O) groups is 1. The van der Waals surface area contributed by atoms with Crippen molar-refractivity contribution in [2.24, 2.45) is 0 Å². The van der Waals surface area contributed by atoms with Crippen molar-refractivity contribution in [3.8, 4) is 5.75 Å². The first-order valence-electron chi connectivity index (χ1n) is 8.89. The molecule has 0 aliphatic carbocycles. The molecule has 2 atom stereocenters. The maximum Gasteiger partial charge on any atom is 0.262 e.